The van der Waals surface area contributed by atoms with Crippen LogP contribution < -0.4 is 5.32 Å². The van der Waals surface area contributed by atoms with Gasteiger partial charge in [-0.2, -0.15) is 0 Å². The van der Waals surface area contributed by atoms with Crippen molar-refractivity contribution < 1.29 is 9.18 Å². The van der Waals surface area contributed by atoms with Crippen LogP contribution in [0.5, 0.6) is 0 Å². The molecule has 0 aromatic heterocycles. The molecule has 0 heterocycles. The first kappa shape index (κ1) is 10.5. The van der Waals surface area contributed by atoms with E-state index in [0.717, 1.165) is 12.8 Å². The number of nitrogens with one attached hydrogen (secondary N) is 1. The number of hydrogen-bond donors (Lipinski definition) is 1. The fourth-order valence-electron chi connectivity index (χ4n) is 2.84. The largest absolute Gasteiger partial charge is 0.349 e. The third kappa shape index (κ3) is 1.86. The molecule has 1 saturated carbocycles. The normalized spacial score (nSPS) is 29.6. The molecule has 1 N–H and O–H groups in total. The number of fused-ring (bicyclic) bond motifs is 2. The van der Waals surface area contributed by atoms with Gasteiger partial charge in [-0.3, -0.25) is 4.79 Å². The summed E-state index contributed by atoms with van der Waals surface area (Å²) in [6.45, 7) is 0. The molecular weight excluding hydrogens is 217 g/mol. The average Bonchev–Trinajstić information content (AvgIpc) is 2.91. The molecular formula is C14H14FNO. The molecule has 1 aromatic rings. The molecule has 2 aliphatic rings. The molecule has 0 radical (unpaired) electrons. The fraction of sp³-hybridized carbons (Fsp3) is 0.357. The molecule has 2 aliphatic carbocycles. The Labute approximate surface area is 99.5 Å². The smallest absolute Gasteiger partial charge is 0.254 e. The van der Waals surface area contributed by atoms with Crippen LogP contribution in [0.4, 0.5) is 4.39 Å². The lowest BCUT2D eigenvalue weighted by Crippen LogP contribution is -2.37. The molecule has 3 rings (SSSR count). The topological polar surface area (TPSA) is 29.1 Å². The maximum atomic E-state index is 13.4. The minimum Gasteiger partial charge on any atom is -0.349 e. The minimum absolute atomic E-state index is 0.138. The number of carbonyl (C=O) groups excluding carboxylic acids is 1. The highest BCUT2D eigenvalue weighted by molar-refractivity contribution is 5.94. The summed E-state index contributed by atoms with van der Waals surface area (Å²) in [7, 11) is 0. The van der Waals surface area contributed by atoms with Crippen molar-refractivity contribution >= 4 is 5.91 Å². The van der Waals surface area contributed by atoms with Gasteiger partial charge in [0.15, 0.2) is 0 Å². The number of amides is 1. The number of hydrogen-bond acceptors (Lipinski definition) is 1. The summed E-state index contributed by atoms with van der Waals surface area (Å²) < 4.78 is 13.4. The van der Waals surface area contributed by atoms with E-state index in [1.165, 1.54) is 12.1 Å². The maximum Gasteiger partial charge on any atom is 0.254 e. The van der Waals surface area contributed by atoms with E-state index in [-0.39, 0.29) is 17.5 Å². The predicted molar refractivity (Wildman–Crippen MR) is 63.0 cm³/mol. The van der Waals surface area contributed by atoms with E-state index in [0.29, 0.717) is 11.8 Å². The Hall–Kier alpha value is -1.64. The van der Waals surface area contributed by atoms with Crippen LogP contribution in [0.15, 0.2) is 36.4 Å². The molecule has 17 heavy (non-hydrogen) atoms. The molecule has 3 atom stereocenters. The Balaban J connectivity index is 1.72. The van der Waals surface area contributed by atoms with Crippen molar-refractivity contribution in [1.82, 2.24) is 5.32 Å². The zero-order chi connectivity index (χ0) is 11.8. The second kappa shape index (κ2) is 3.99. The van der Waals surface area contributed by atoms with E-state index in [2.05, 4.69) is 17.5 Å². The Morgan fingerprint density at radius 1 is 1.24 bits per heavy atom. The molecule has 1 amide bonds. The molecule has 2 bridgehead atoms. The first-order valence-corrected chi connectivity index (χ1v) is 5.98. The third-order valence-electron chi connectivity index (χ3n) is 3.71. The number of allylic oxidation sites excluding steroid dienone is 1. The van der Waals surface area contributed by atoms with E-state index in [1.54, 1.807) is 12.1 Å². The van der Waals surface area contributed by atoms with Gasteiger partial charge in [-0.25, -0.2) is 4.39 Å². The second-order valence-corrected chi connectivity index (χ2v) is 4.84. The summed E-state index contributed by atoms with van der Waals surface area (Å²) in [5.41, 5.74) is 0.138. The monoisotopic (exact) mass is 231 g/mol. The predicted octanol–water partition coefficient (Wildman–Crippen LogP) is 2.52. The zero-order valence-corrected chi connectivity index (χ0v) is 9.40. The van der Waals surface area contributed by atoms with Crippen molar-refractivity contribution in [3.05, 3.63) is 47.8 Å². The standard InChI is InChI=1S/C14H14FNO/c15-12-4-2-1-3-11(12)14(17)16-13-8-9-5-6-10(13)7-9/h1-6,9-10,13H,7-8H2,(H,16,17). The van der Waals surface area contributed by atoms with Gasteiger partial charge in [-0.15, -0.1) is 0 Å². The first-order valence-electron chi connectivity index (χ1n) is 5.98. The van der Waals surface area contributed by atoms with Gasteiger partial charge in [-0.1, -0.05) is 24.3 Å². The number of rotatable bonds is 2. The summed E-state index contributed by atoms with van der Waals surface area (Å²) in [6, 6.07) is 6.28. The van der Waals surface area contributed by atoms with Gasteiger partial charge in [-0.05, 0) is 36.8 Å². The highest BCUT2D eigenvalue weighted by Crippen LogP contribution is 2.39. The van der Waals surface area contributed by atoms with Crippen LogP contribution in [-0.4, -0.2) is 11.9 Å². The number of benzene rings is 1. The molecule has 88 valence electrons. The van der Waals surface area contributed by atoms with Crippen LogP contribution in [0, 0.1) is 17.7 Å². The van der Waals surface area contributed by atoms with E-state index in [4.69, 9.17) is 0 Å². The summed E-state index contributed by atoms with van der Waals surface area (Å²) >= 11 is 0. The summed E-state index contributed by atoms with van der Waals surface area (Å²) in [5.74, 6) is 0.291. The van der Waals surface area contributed by atoms with Crippen LogP contribution in [0.25, 0.3) is 0 Å². The summed E-state index contributed by atoms with van der Waals surface area (Å²) in [6.07, 6.45) is 6.50. The van der Waals surface area contributed by atoms with Crippen LogP contribution >= 0.6 is 0 Å². The number of halogens is 1. The van der Waals surface area contributed by atoms with E-state index >= 15 is 0 Å². The molecule has 1 fully saturated rings. The maximum absolute atomic E-state index is 13.4. The molecule has 0 saturated heterocycles. The molecule has 3 unspecified atom stereocenters. The van der Waals surface area contributed by atoms with E-state index in [9.17, 15) is 9.18 Å². The van der Waals surface area contributed by atoms with E-state index < -0.39 is 5.82 Å². The van der Waals surface area contributed by atoms with Crippen molar-refractivity contribution in [2.45, 2.75) is 18.9 Å². The Kier molecular flexibility index (Phi) is 2.46. The fourth-order valence-corrected chi connectivity index (χ4v) is 2.84. The van der Waals surface area contributed by atoms with Crippen molar-refractivity contribution in [1.29, 1.82) is 0 Å². The SMILES string of the molecule is O=C(NC1CC2C=CC1C2)c1ccccc1F. The van der Waals surface area contributed by atoms with Crippen LogP contribution in [0.3, 0.4) is 0 Å². The number of carbonyl (C=O) groups is 1. The van der Waals surface area contributed by atoms with Crippen LogP contribution in [0.1, 0.15) is 23.2 Å². The Morgan fingerprint density at radius 3 is 2.71 bits per heavy atom. The van der Waals surface area contributed by atoms with Gasteiger partial charge < -0.3 is 5.32 Å². The van der Waals surface area contributed by atoms with Crippen LogP contribution in [0.2, 0.25) is 0 Å². The zero-order valence-electron chi connectivity index (χ0n) is 9.40. The lowest BCUT2D eigenvalue weighted by molar-refractivity contribution is 0.0927. The third-order valence-corrected chi connectivity index (χ3v) is 3.71. The highest BCUT2D eigenvalue weighted by Gasteiger charge is 2.36. The van der Waals surface area contributed by atoms with Gasteiger partial charge in [0.1, 0.15) is 5.82 Å². The average molecular weight is 231 g/mol. The molecule has 3 heteroatoms. The van der Waals surface area contributed by atoms with Gasteiger partial charge in [0.25, 0.3) is 5.91 Å². The first-order chi connectivity index (χ1) is 8.24. The Bertz CT molecular complexity index is 483. The minimum atomic E-state index is -0.455. The molecule has 0 spiro atoms. The molecule has 2 nitrogen and oxygen atoms in total. The van der Waals surface area contributed by atoms with Crippen LogP contribution in [-0.2, 0) is 0 Å². The van der Waals surface area contributed by atoms with Gasteiger partial charge >= 0.3 is 0 Å². The molecule has 0 aliphatic heterocycles. The van der Waals surface area contributed by atoms with E-state index in [1.807, 2.05) is 0 Å². The quantitative estimate of drug-likeness (QED) is 0.778. The second-order valence-electron chi connectivity index (χ2n) is 4.84. The summed E-state index contributed by atoms with van der Waals surface area (Å²) in [5, 5.41) is 2.94. The lowest BCUT2D eigenvalue weighted by atomic mass is 10.0. The van der Waals surface area contributed by atoms with Crippen molar-refractivity contribution in [2.24, 2.45) is 11.8 Å². The van der Waals surface area contributed by atoms with Gasteiger partial charge in [0, 0.05) is 6.04 Å². The van der Waals surface area contributed by atoms with Crippen molar-refractivity contribution in [2.75, 3.05) is 0 Å². The van der Waals surface area contributed by atoms with Crippen molar-refractivity contribution in [3.8, 4) is 0 Å². The van der Waals surface area contributed by atoms with Crippen molar-refractivity contribution in [3.63, 3.8) is 0 Å². The van der Waals surface area contributed by atoms with Gasteiger partial charge in [0.05, 0.1) is 5.56 Å². The molecule has 1 aromatic carbocycles. The Morgan fingerprint density at radius 2 is 2.06 bits per heavy atom. The summed E-state index contributed by atoms with van der Waals surface area (Å²) in [4.78, 5) is 11.9. The van der Waals surface area contributed by atoms with Gasteiger partial charge in [0.2, 0.25) is 0 Å². The highest BCUT2D eigenvalue weighted by atomic mass is 19.1. The lowest BCUT2D eigenvalue weighted by Gasteiger charge is -2.19.